The van der Waals surface area contributed by atoms with Crippen LogP contribution < -0.4 is 10.6 Å². The van der Waals surface area contributed by atoms with Crippen molar-refractivity contribution in [3.63, 3.8) is 0 Å². The summed E-state index contributed by atoms with van der Waals surface area (Å²) in [5, 5.41) is 9.10. The molecule has 1 fully saturated rings. The van der Waals surface area contributed by atoms with Gasteiger partial charge >= 0.3 is 5.97 Å². The number of nitrogens with two attached hydrogens (primary N) is 1. The van der Waals surface area contributed by atoms with Gasteiger partial charge in [0.1, 0.15) is 11.4 Å². The molecule has 0 aromatic heterocycles. The second kappa shape index (κ2) is 4.58. The van der Waals surface area contributed by atoms with Crippen molar-refractivity contribution in [3.05, 3.63) is 23.5 Å². The van der Waals surface area contributed by atoms with Gasteiger partial charge < -0.3 is 20.5 Å². The van der Waals surface area contributed by atoms with Crippen LogP contribution in [-0.2, 0) is 4.74 Å². The molecule has 0 aliphatic carbocycles. The Labute approximate surface area is 97.6 Å². The van der Waals surface area contributed by atoms with Gasteiger partial charge in [-0.05, 0) is 12.1 Å². The smallest absolute Gasteiger partial charge is 0.340 e. The summed E-state index contributed by atoms with van der Waals surface area (Å²) in [6.45, 7) is 2.20. The molecule has 0 unspecified atom stereocenters. The zero-order chi connectivity index (χ0) is 12.4. The number of nitrogen functional groups attached to an aromatic ring is 1. The largest absolute Gasteiger partial charge is 0.478 e. The van der Waals surface area contributed by atoms with Crippen LogP contribution in [0.15, 0.2) is 12.1 Å². The Bertz CT molecular complexity index is 445. The maximum absolute atomic E-state index is 13.3. The third-order valence-electron chi connectivity index (χ3n) is 2.74. The van der Waals surface area contributed by atoms with Crippen molar-refractivity contribution < 1.29 is 19.0 Å². The minimum absolute atomic E-state index is 0.174. The third kappa shape index (κ3) is 2.16. The summed E-state index contributed by atoms with van der Waals surface area (Å²) in [6, 6.07) is 2.63. The summed E-state index contributed by atoms with van der Waals surface area (Å²) < 4.78 is 18.4. The second-order valence-electron chi connectivity index (χ2n) is 3.76. The quantitative estimate of drug-likeness (QED) is 0.752. The van der Waals surface area contributed by atoms with Crippen LogP contribution in [-0.4, -0.2) is 37.4 Å². The van der Waals surface area contributed by atoms with Crippen molar-refractivity contribution in [1.82, 2.24) is 0 Å². The first-order valence-electron chi connectivity index (χ1n) is 5.25. The first-order chi connectivity index (χ1) is 8.11. The van der Waals surface area contributed by atoms with E-state index in [9.17, 15) is 9.18 Å². The fraction of sp³-hybridized carbons (Fsp3) is 0.364. The average Bonchev–Trinajstić information content (AvgIpc) is 2.33. The number of hydrogen-bond acceptors (Lipinski definition) is 4. The fourth-order valence-corrected chi connectivity index (χ4v) is 1.88. The lowest BCUT2D eigenvalue weighted by Gasteiger charge is -2.30. The predicted molar refractivity (Wildman–Crippen MR) is 60.8 cm³/mol. The minimum atomic E-state index is -1.22. The van der Waals surface area contributed by atoms with Crippen molar-refractivity contribution in [3.8, 4) is 0 Å². The van der Waals surface area contributed by atoms with Crippen molar-refractivity contribution >= 4 is 17.3 Å². The molecule has 0 spiro atoms. The summed E-state index contributed by atoms with van der Waals surface area (Å²) in [5.41, 5.74) is 5.43. The minimum Gasteiger partial charge on any atom is -0.478 e. The SMILES string of the molecule is Nc1c(F)ccc(N2CCOCC2)c1C(=O)O. The highest BCUT2D eigenvalue weighted by atomic mass is 19.1. The topological polar surface area (TPSA) is 75.8 Å². The van der Waals surface area contributed by atoms with Crippen LogP contribution in [0.1, 0.15) is 10.4 Å². The van der Waals surface area contributed by atoms with Gasteiger partial charge in [-0.15, -0.1) is 0 Å². The molecule has 0 atom stereocenters. The van der Waals surface area contributed by atoms with Crippen LogP contribution in [0.3, 0.4) is 0 Å². The van der Waals surface area contributed by atoms with E-state index in [1.807, 2.05) is 4.90 Å². The molecule has 0 amide bonds. The van der Waals surface area contributed by atoms with E-state index < -0.39 is 11.8 Å². The molecule has 1 aromatic carbocycles. The van der Waals surface area contributed by atoms with E-state index in [0.717, 1.165) is 0 Å². The van der Waals surface area contributed by atoms with Crippen LogP contribution in [0.4, 0.5) is 15.8 Å². The first kappa shape index (κ1) is 11.7. The summed E-state index contributed by atoms with van der Waals surface area (Å²) >= 11 is 0. The Kier molecular flexibility index (Phi) is 3.14. The lowest BCUT2D eigenvalue weighted by atomic mass is 10.1. The van der Waals surface area contributed by atoms with Crippen LogP contribution in [0.25, 0.3) is 0 Å². The molecule has 92 valence electrons. The highest BCUT2D eigenvalue weighted by Gasteiger charge is 2.22. The number of morpholine rings is 1. The number of benzene rings is 1. The maximum Gasteiger partial charge on any atom is 0.340 e. The van der Waals surface area contributed by atoms with E-state index in [1.165, 1.54) is 12.1 Å². The highest BCUT2D eigenvalue weighted by molar-refractivity contribution is 6.00. The normalized spacial score (nSPS) is 15.9. The second-order valence-corrected chi connectivity index (χ2v) is 3.76. The summed E-state index contributed by atoms with van der Waals surface area (Å²) in [5.74, 6) is -1.93. The first-order valence-corrected chi connectivity index (χ1v) is 5.25. The molecule has 0 saturated carbocycles. The van der Waals surface area contributed by atoms with Gasteiger partial charge in [0.05, 0.1) is 24.6 Å². The number of ether oxygens (including phenoxy) is 1. The van der Waals surface area contributed by atoms with Crippen molar-refractivity contribution in [2.75, 3.05) is 36.9 Å². The van der Waals surface area contributed by atoms with Gasteiger partial charge in [-0.25, -0.2) is 9.18 Å². The molecule has 1 saturated heterocycles. The molecule has 1 aliphatic rings. The zero-order valence-electron chi connectivity index (χ0n) is 9.15. The molecular formula is C11H13FN2O3. The van der Waals surface area contributed by atoms with Crippen molar-refractivity contribution in [2.45, 2.75) is 0 Å². The number of rotatable bonds is 2. The number of carboxylic acids is 1. The number of halogens is 1. The monoisotopic (exact) mass is 240 g/mol. The lowest BCUT2D eigenvalue weighted by Crippen LogP contribution is -2.37. The summed E-state index contributed by atoms with van der Waals surface area (Å²) in [6.07, 6.45) is 0. The molecule has 1 heterocycles. The Balaban J connectivity index is 2.45. The van der Waals surface area contributed by atoms with E-state index in [1.54, 1.807) is 0 Å². The molecular weight excluding hydrogens is 227 g/mol. The number of carbonyl (C=O) groups is 1. The Morgan fingerprint density at radius 2 is 2.06 bits per heavy atom. The lowest BCUT2D eigenvalue weighted by molar-refractivity contribution is 0.0697. The number of carboxylic acid groups (broad SMARTS) is 1. The Morgan fingerprint density at radius 1 is 1.41 bits per heavy atom. The molecule has 3 N–H and O–H groups in total. The van der Waals surface area contributed by atoms with Gasteiger partial charge in [-0.1, -0.05) is 0 Å². The zero-order valence-corrected chi connectivity index (χ0v) is 9.15. The van der Waals surface area contributed by atoms with E-state index >= 15 is 0 Å². The van der Waals surface area contributed by atoms with Crippen LogP contribution in [0.2, 0.25) is 0 Å². The maximum atomic E-state index is 13.3. The van der Waals surface area contributed by atoms with Crippen LogP contribution in [0, 0.1) is 5.82 Å². The number of nitrogens with zero attached hydrogens (tertiary/aromatic N) is 1. The predicted octanol–water partition coefficient (Wildman–Crippen LogP) is 0.943. The highest BCUT2D eigenvalue weighted by Crippen LogP contribution is 2.28. The number of aromatic carboxylic acids is 1. The van der Waals surface area contributed by atoms with Gasteiger partial charge in [-0.2, -0.15) is 0 Å². The van der Waals surface area contributed by atoms with E-state index in [2.05, 4.69) is 0 Å². The summed E-state index contributed by atoms with van der Waals surface area (Å²) in [7, 11) is 0. The Morgan fingerprint density at radius 3 is 2.65 bits per heavy atom. The molecule has 17 heavy (non-hydrogen) atoms. The van der Waals surface area contributed by atoms with Gasteiger partial charge in [0.15, 0.2) is 0 Å². The average molecular weight is 240 g/mol. The molecule has 0 radical (unpaired) electrons. The molecule has 2 rings (SSSR count). The van der Waals surface area contributed by atoms with Crippen LogP contribution in [0.5, 0.6) is 0 Å². The number of hydrogen-bond donors (Lipinski definition) is 2. The van der Waals surface area contributed by atoms with Crippen LogP contribution >= 0.6 is 0 Å². The van der Waals surface area contributed by atoms with E-state index in [0.29, 0.717) is 32.0 Å². The molecule has 6 heteroatoms. The van der Waals surface area contributed by atoms with E-state index in [4.69, 9.17) is 15.6 Å². The summed E-state index contributed by atoms with van der Waals surface area (Å²) in [4.78, 5) is 13.0. The van der Waals surface area contributed by atoms with Gasteiger partial charge in [0.2, 0.25) is 0 Å². The standard InChI is InChI=1S/C11H13FN2O3/c12-7-1-2-8(9(10(7)13)11(15)16)14-3-5-17-6-4-14/h1-2H,3-6,13H2,(H,15,16). The third-order valence-corrected chi connectivity index (χ3v) is 2.74. The van der Waals surface area contributed by atoms with Crippen molar-refractivity contribution in [1.29, 1.82) is 0 Å². The van der Waals surface area contributed by atoms with E-state index in [-0.39, 0.29) is 11.3 Å². The van der Waals surface area contributed by atoms with Gasteiger partial charge in [-0.3, -0.25) is 0 Å². The number of anilines is 2. The molecule has 0 bridgehead atoms. The molecule has 1 aromatic rings. The molecule has 5 nitrogen and oxygen atoms in total. The van der Waals surface area contributed by atoms with Crippen molar-refractivity contribution in [2.24, 2.45) is 0 Å². The fourth-order valence-electron chi connectivity index (χ4n) is 1.88. The Hall–Kier alpha value is -1.82. The van der Waals surface area contributed by atoms with Gasteiger partial charge in [0, 0.05) is 13.1 Å². The van der Waals surface area contributed by atoms with Gasteiger partial charge in [0.25, 0.3) is 0 Å². The molecule has 1 aliphatic heterocycles.